The summed E-state index contributed by atoms with van der Waals surface area (Å²) in [5.41, 5.74) is 4.19. The molecule has 0 fully saturated rings. The summed E-state index contributed by atoms with van der Waals surface area (Å²) >= 11 is 1.07. The molecule has 0 atom stereocenters. The molecular weight excluding hydrogens is 385 g/mol. The van der Waals surface area contributed by atoms with Crippen molar-refractivity contribution in [2.45, 2.75) is 32.4 Å². The molecule has 2 aliphatic rings. The van der Waals surface area contributed by atoms with E-state index in [4.69, 9.17) is 15.2 Å². The Hall–Kier alpha value is -2.82. The minimum Gasteiger partial charge on any atom is -0.452 e. The Morgan fingerprint density at radius 3 is 2.63 bits per heavy atom. The molecule has 0 radical (unpaired) electrons. The number of halogens is 3. The first-order valence-corrected chi connectivity index (χ1v) is 8.80. The van der Waals surface area contributed by atoms with Crippen molar-refractivity contribution in [2.24, 2.45) is 0 Å². The van der Waals surface area contributed by atoms with Crippen molar-refractivity contribution in [3.8, 4) is 11.6 Å². The lowest BCUT2D eigenvalue weighted by atomic mass is 10.1. The molecule has 27 heavy (non-hydrogen) atoms. The molecule has 4 rings (SSSR count). The number of alkyl halides is 3. The van der Waals surface area contributed by atoms with Crippen LogP contribution >= 0.6 is 11.5 Å². The van der Waals surface area contributed by atoms with Crippen molar-refractivity contribution < 1.29 is 27.4 Å². The van der Waals surface area contributed by atoms with Gasteiger partial charge in [0, 0.05) is 23.8 Å². The molecule has 0 saturated heterocycles. The summed E-state index contributed by atoms with van der Waals surface area (Å²) in [6.07, 6.45) is -3.21. The van der Waals surface area contributed by atoms with Gasteiger partial charge >= 0.3 is 6.18 Å². The van der Waals surface area contributed by atoms with E-state index in [9.17, 15) is 18.0 Å². The summed E-state index contributed by atoms with van der Waals surface area (Å²) in [7, 11) is 0. The number of anilines is 2. The summed E-state index contributed by atoms with van der Waals surface area (Å²) in [6, 6.07) is 0. The number of allylic oxidation sites excluding steroid dienone is 2. The average molecular weight is 398 g/mol. The van der Waals surface area contributed by atoms with Gasteiger partial charge in [-0.2, -0.15) is 22.5 Å². The van der Waals surface area contributed by atoms with E-state index in [1.807, 2.05) is 0 Å². The Labute approximate surface area is 155 Å². The van der Waals surface area contributed by atoms with Crippen molar-refractivity contribution in [3.63, 3.8) is 0 Å². The fourth-order valence-corrected chi connectivity index (χ4v) is 3.57. The van der Waals surface area contributed by atoms with Gasteiger partial charge in [0.25, 0.3) is 11.8 Å². The third kappa shape index (κ3) is 2.97. The Balaban J connectivity index is 1.83. The van der Waals surface area contributed by atoms with Gasteiger partial charge in [0.1, 0.15) is 28.7 Å². The number of carbonyl (C=O) groups is 1. The minimum absolute atomic E-state index is 0.160. The molecule has 2 aromatic rings. The van der Waals surface area contributed by atoms with Gasteiger partial charge in [0.15, 0.2) is 0 Å². The van der Waals surface area contributed by atoms with Gasteiger partial charge in [0.05, 0.1) is 5.56 Å². The first-order chi connectivity index (χ1) is 12.8. The van der Waals surface area contributed by atoms with Crippen LogP contribution < -0.4 is 20.5 Å². The third-order valence-corrected chi connectivity index (χ3v) is 4.95. The number of aryl methyl sites for hydroxylation is 1. The van der Waals surface area contributed by atoms with E-state index >= 15 is 0 Å². The Morgan fingerprint density at radius 1 is 1.30 bits per heavy atom. The molecule has 1 aliphatic carbocycles. The molecule has 11 heteroatoms. The zero-order valence-corrected chi connectivity index (χ0v) is 14.8. The first kappa shape index (κ1) is 17.6. The van der Waals surface area contributed by atoms with Crippen molar-refractivity contribution >= 4 is 29.1 Å². The molecule has 0 unspecified atom stereocenters. The number of hydrogen-bond acceptors (Lipinski definition) is 7. The predicted molar refractivity (Wildman–Crippen MR) is 90.6 cm³/mol. The van der Waals surface area contributed by atoms with Gasteiger partial charge < -0.3 is 20.5 Å². The summed E-state index contributed by atoms with van der Waals surface area (Å²) in [4.78, 5) is 16.4. The van der Waals surface area contributed by atoms with Crippen LogP contribution in [0.4, 0.5) is 24.8 Å². The van der Waals surface area contributed by atoms with Crippen molar-refractivity contribution in [1.29, 1.82) is 0 Å². The second-order valence-corrected chi connectivity index (χ2v) is 6.71. The molecule has 7 nitrogen and oxygen atoms in total. The molecule has 0 saturated carbocycles. The van der Waals surface area contributed by atoms with Crippen LogP contribution in [0.2, 0.25) is 0 Å². The topological polar surface area (TPSA) is 99.4 Å². The van der Waals surface area contributed by atoms with Crippen LogP contribution in [0.25, 0.3) is 0 Å². The van der Waals surface area contributed by atoms with E-state index in [2.05, 4.69) is 14.7 Å². The molecule has 142 valence electrons. The number of hydrogen-bond donors (Lipinski definition) is 2. The molecule has 1 amide bonds. The number of amides is 1. The van der Waals surface area contributed by atoms with Crippen LogP contribution in [0.5, 0.6) is 11.6 Å². The SMILES string of the molecule is Cc1csnc1NC(=O)c1c(N)nc2c(c1C(F)(F)F)OC1=C(CCC1)O2. The molecule has 0 bridgehead atoms. The second kappa shape index (κ2) is 6.12. The van der Waals surface area contributed by atoms with Gasteiger partial charge in [-0.15, -0.1) is 0 Å². The fourth-order valence-electron chi connectivity index (χ4n) is 2.95. The highest BCUT2D eigenvalue weighted by Gasteiger charge is 2.45. The number of nitrogens with zero attached hydrogens (tertiary/aromatic N) is 2. The monoisotopic (exact) mass is 398 g/mol. The standard InChI is InChI=1S/C16H13F3N4O3S/c1-6-5-27-23-13(6)22-14(24)9-10(16(17,18)19)11-15(21-12(9)20)26-8-4-2-3-7(8)25-11/h5H,2-4H2,1H3,(H2,20,21)(H,22,23,24). The quantitative estimate of drug-likeness (QED) is 0.797. The van der Waals surface area contributed by atoms with Crippen LogP contribution in [-0.4, -0.2) is 15.3 Å². The summed E-state index contributed by atoms with van der Waals surface area (Å²) in [6.45, 7) is 1.67. The number of nitrogens with two attached hydrogens (primary N) is 1. The molecule has 1 aliphatic heterocycles. The maximum Gasteiger partial charge on any atom is 0.421 e. The highest BCUT2D eigenvalue weighted by atomic mass is 32.1. The summed E-state index contributed by atoms with van der Waals surface area (Å²) in [5, 5.41) is 4.00. The normalized spacial score (nSPS) is 15.7. The molecule has 0 spiro atoms. The number of nitrogens with one attached hydrogen (secondary N) is 1. The van der Waals surface area contributed by atoms with Gasteiger partial charge in [-0.1, -0.05) is 0 Å². The zero-order chi connectivity index (χ0) is 19.3. The van der Waals surface area contributed by atoms with E-state index in [1.54, 1.807) is 12.3 Å². The number of pyridine rings is 1. The Kier molecular flexibility index (Phi) is 3.98. The van der Waals surface area contributed by atoms with Gasteiger partial charge in [0.2, 0.25) is 5.75 Å². The van der Waals surface area contributed by atoms with Crippen molar-refractivity contribution in [2.75, 3.05) is 11.1 Å². The third-order valence-electron chi connectivity index (χ3n) is 4.20. The van der Waals surface area contributed by atoms with E-state index in [0.29, 0.717) is 36.3 Å². The van der Waals surface area contributed by atoms with Crippen LogP contribution in [0.3, 0.4) is 0 Å². The largest absolute Gasteiger partial charge is 0.452 e. The highest BCUT2D eigenvalue weighted by Crippen LogP contribution is 2.49. The van der Waals surface area contributed by atoms with Gasteiger partial charge in [-0.05, 0) is 24.9 Å². The lowest BCUT2D eigenvalue weighted by molar-refractivity contribution is -0.139. The first-order valence-electron chi connectivity index (χ1n) is 7.96. The molecule has 0 aromatic carbocycles. The van der Waals surface area contributed by atoms with E-state index in [0.717, 1.165) is 11.5 Å². The zero-order valence-electron chi connectivity index (χ0n) is 13.9. The Morgan fingerprint density at radius 2 is 2.00 bits per heavy atom. The molecule has 2 aromatic heterocycles. The van der Waals surface area contributed by atoms with Gasteiger partial charge in [-0.3, -0.25) is 4.79 Å². The van der Waals surface area contributed by atoms with Crippen LogP contribution in [0, 0.1) is 6.92 Å². The second-order valence-electron chi connectivity index (χ2n) is 6.08. The lowest BCUT2D eigenvalue weighted by Gasteiger charge is -2.24. The number of fused-ring (bicyclic) bond motifs is 1. The van der Waals surface area contributed by atoms with Crippen LogP contribution in [0.15, 0.2) is 16.9 Å². The summed E-state index contributed by atoms with van der Waals surface area (Å²) in [5.74, 6) is -1.78. The van der Waals surface area contributed by atoms with E-state index in [-0.39, 0.29) is 11.7 Å². The van der Waals surface area contributed by atoms with Crippen molar-refractivity contribution in [1.82, 2.24) is 9.36 Å². The summed E-state index contributed by atoms with van der Waals surface area (Å²) < 4.78 is 56.4. The van der Waals surface area contributed by atoms with Gasteiger partial charge in [-0.25, -0.2) is 0 Å². The molecular formula is C16H13F3N4O3S. The maximum absolute atomic E-state index is 13.8. The van der Waals surface area contributed by atoms with Crippen LogP contribution in [0.1, 0.15) is 40.7 Å². The molecule has 3 N–H and O–H groups in total. The number of nitrogen functional groups attached to an aromatic ring is 1. The van der Waals surface area contributed by atoms with Crippen molar-refractivity contribution in [3.05, 3.63) is 33.6 Å². The average Bonchev–Trinajstić information content (AvgIpc) is 3.19. The highest BCUT2D eigenvalue weighted by molar-refractivity contribution is 7.04. The lowest BCUT2D eigenvalue weighted by Crippen LogP contribution is -2.25. The molecule has 3 heterocycles. The smallest absolute Gasteiger partial charge is 0.421 e. The number of carbonyl (C=O) groups excluding carboxylic acids is 1. The van der Waals surface area contributed by atoms with E-state index < -0.39 is 34.8 Å². The maximum atomic E-state index is 13.8. The minimum atomic E-state index is -4.91. The van der Waals surface area contributed by atoms with E-state index in [1.165, 1.54) is 0 Å². The number of ether oxygens (including phenoxy) is 2. The number of aromatic nitrogens is 2. The van der Waals surface area contributed by atoms with Crippen LogP contribution in [-0.2, 0) is 6.18 Å². The fraction of sp³-hybridized carbons (Fsp3) is 0.312. The number of rotatable bonds is 2. The Bertz CT molecular complexity index is 984. The predicted octanol–water partition coefficient (Wildman–Crippen LogP) is 3.87.